The van der Waals surface area contributed by atoms with Crippen LogP contribution in [0.1, 0.15) is 26.8 Å². The smallest absolute Gasteiger partial charge is 0.323 e. The van der Waals surface area contributed by atoms with Gasteiger partial charge < -0.3 is 20.3 Å². The van der Waals surface area contributed by atoms with Crippen molar-refractivity contribution in [2.24, 2.45) is 0 Å². The molecule has 2 fully saturated rings. The summed E-state index contributed by atoms with van der Waals surface area (Å²) in [5.41, 5.74) is 3.71. The average molecular weight is 529 g/mol. The van der Waals surface area contributed by atoms with Crippen molar-refractivity contribution in [2.45, 2.75) is 32.4 Å². The van der Waals surface area contributed by atoms with Gasteiger partial charge in [-0.2, -0.15) is 0 Å². The lowest BCUT2D eigenvalue weighted by Crippen LogP contribution is -2.56. The summed E-state index contributed by atoms with van der Waals surface area (Å²) in [7, 11) is 0. The van der Waals surface area contributed by atoms with Crippen LogP contribution in [0.15, 0.2) is 48.8 Å². The van der Waals surface area contributed by atoms with Crippen LogP contribution in [0.4, 0.5) is 22.0 Å². The zero-order valence-corrected chi connectivity index (χ0v) is 22.3. The maximum Gasteiger partial charge on any atom is 0.323 e. The van der Waals surface area contributed by atoms with E-state index in [4.69, 9.17) is 14.7 Å². The lowest BCUT2D eigenvalue weighted by Gasteiger charge is -2.47. The Bertz CT molecular complexity index is 1450. The first-order valence-electron chi connectivity index (χ1n) is 13.1. The van der Waals surface area contributed by atoms with E-state index in [0.29, 0.717) is 35.9 Å². The maximum absolute atomic E-state index is 12.4. The van der Waals surface area contributed by atoms with Crippen molar-refractivity contribution in [3.8, 4) is 11.4 Å². The number of anilines is 3. The van der Waals surface area contributed by atoms with Crippen molar-refractivity contribution in [1.82, 2.24) is 34.8 Å². The predicted molar refractivity (Wildman–Crippen MR) is 149 cm³/mol. The molecule has 2 amide bonds. The summed E-state index contributed by atoms with van der Waals surface area (Å²) in [6, 6.07) is 10.8. The number of likely N-dealkylation sites (tertiary alicyclic amines) is 1. The van der Waals surface area contributed by atoms with Gasteiger partial charge in [0.1, 0.15) is 0 Å². The van der Waals surface area contributed by atoms with Gasteiger partial charge in [-0.1, -0.05) is 5.21 Å². The number of carbonyl (C=O) groups is 1. The summed E-state index contributed by atoms with van der Waals surface area (Å²) < 4.78 is 7.52. The highest BCUT2D eigenvalue weighted by Crippen LogP contribution is 2.33. The minimum Gasteiger partial charge on any atom is -0.378 e. The van der Waals surface area contributed by atoms with Gasteiger partial charge >= 0.3 is 6.03 Å². The molecule has 0 bridgehead atoms. The molecule has 12 nitrogen and oxygen atoms in total. The van der Waals surface area contributed by atoms with E-state index in [1.54, 1.807) is 24.5 Å². The summed E-state index contributed by atoms with van der Waals surface area (Å²) in [4.78, 5) is 30.8. The van der Waals surface area contributed by atoms with Crippen LogP contribution in [0, 0.1) is 0 Å². The van der Waals surface area contributed by atoms with Crippen LogP contribution in [0.2, 0.25) is 0 Å². The molecule has 0 radical (unpaired) electrons. The second kappa shape index (κ2) is 10.2. The maximum atomic E-state index is 12.4. The number of amides is 2. The summed E-state index contributed by atoms with van der Waals surface area (Å²) >= 11 is 0. The molecule has 0 unspecified atom stereocenters. The first kappa shape index (κ1) is 25.1. The Morgan fingerprint density at radius 1 is 0.949 bits per heavy atom. The van der Waals surface area contributed by atoms with Crippen LogP contribution in [0.3, 0.4) is 0 Å². The molecule has 4 aromatic rings. The fraction of sp³-hybridized carbons (Fsp3) is 0.407. The van der Waals surface area contributed by atoms with Gasteiger partial charge in [0.2, 0.25) is 0 Å². The van der Waals surface area contributed by atoms with Gasteiger partial charge in [-0.25, -0.2) is 19.4 Å². The van der Waals surface area contributed by atoms with Crippen LogP contribution in [0.25, 0.3) is 22.6 Å². The van der Waals surface area contributed by atoms with E-state index < -0.39 is 0 Å². The summed E-state index contributed by atoms with van der Waals surface area (Å²) in [5, 5.41) is 14.7. The number of aromatic nitrogens is 6. The lowest BCUT2D eigenvalue weighted by atomic mass is 9.98. The highest BCUT2D eigenvalue weighted by atomic mass is 16.5. The molecule has 2 N–H and O–H groups in total. The van der Waals surface area contributed by atoms with Crippen LogP contribution in [-0.2, 0) is 4.74 Å². The summed E-state index contributed by atoms with van der Waals surface area (Å²) in [6.45, 7) is 11.2. The molecule has 3 aromatic heterocycles. The number of ether oxygens (including phenoxy) is 1. The van der Waals surface area contributed by atoms with Crippen molar-refractivity contribution < 1.29 is 9.53 Å². The molecule has 1 aromatic carbocycles. The molecule has 6 rings (SSSR count). The predicted octanol–water partition coefficient (Wildman–Crippen LogP) is 3.42. The van der Waals surface area contributed by atoms with Gasteiger partial charge in [0.05, 0.1) is 19.3 Å². The van der Waals surface area contributed by atoms with Crippen molar-refractivity contribution >= 4 is 34.4 Å². The van der Waals surface area contributed by atoms with Gasteiger partial charge in [-0.3, -0.25) is 9.88 Å². The number of carbonyl (C=O) groups excluding carboxylic acids is 1. The summed E-state index contributed by atoms with van der Waals surface area (Å²) in [6.07, 6.45) is 3.25. The third-order valence-corrected chi connectivity index (χ3v) is 7.11. The quantitative estimate of drug-likeness (QED) is 0.401. The number of nitrogens with one attached hydrogen (secondary N) is 2. The third-order valence-electron chi connectivity index (χ3n) is 7.11. The minimum absolute atomic E-state index is 0.108. The van der Waals surface area contributed by atoms with Crippen LogP contribution in [0.5, 0.6) is 0 Å². The number of pyridine rings is 1. The molecule has 39 heavy (non-hydrogen) atoms. The molecule has 0 spiro atoms. The van der Waals surface area contributed by atoms with E-state index in [1.807, 2.05) is 28.9 Å². The Labute approximate surface area is 226 Å². The van der Waals surface area contributed by atoms with Gasteiger partial charge in [0, 0.05) is 61.0 Å². The molecule has 2 aliphatic rings. The molecule has 2 aliphatic heterocycles. The summed E-state index contributed by atoms with van der Waals surface area (Å²) in [5.74, 6) is 1.36. The van der Waals surface area contributed by atoms with Crippen molar-refractivity contribution in [3.05, 3.63) is 48.8 Å². The second-order valence-electron chi connectivity index (χ2n) is 10.8. The lowest BCUT2D eigenvalue weighted by molar-refractivity contribution is 0.0163. The van der Waals surface area contributed by atoms with Crippen molar-refractivity contribution in [3.63, 3.8) is 0 Å². The number of fused-ring (bicyclic) bond motifs is 1. The van der Waals surface area contributed by atoms with Crippen LogP contribution < -0.4 is 15.5 Å². The molecule has 12 heteroatoms. The van der Waals surface area contributed by atoms with E-state index in [9.17, 15) is 4.79 Å². The number of hydrogen-bond acceptors (Lipinski definition) is 9. The first-order chi connectivity index (χ1) is 18.8. The van der Waals surface area contributed by atoms with E-state index in [-0.39, 0.29) is 17.6 Å². The van der Waals surface area contributed by atoms with Crippen molar-refractivity contribution in [1.29, 1.82) is 0 Å². The van der Waals surface area contributed by atoms with E-state index in [0.717, 1.165) is 43.2 Å². The molecular formula is C27H32N10O2. The zero-order chi connectivity index (χ0) is 27.0. The first-order valence-corrected chi connectivity index (χ1v) is 13.1. The van der Waals surface area contributed by atoms with Gasteiger partial charge in [0.15, 0.2) is 22.8 Å². The SMILES string of the molecule is CC(C)(C)N1CC(n2nnc3c(N4CCOCC4)nc(-c4ccc(NC(=O)Nc5ccncc5)cc4)nc32)C1. The molecule has 5 heterocycles. The van der Waals surface area contributed by atoms with E-state index in [1.165, 1.54) is 0 Å². The third kappa shape index (κ3) is 5.25. The fourth-order valence-electron chi connectivity index (χ4n) is 4.78. The van der Waals surface area contributed by atoms with Crippen molar-refractivity contribution in [2.75, 3.05) is 54.9 Å². The molecule has 0 saturated carbocycles. The van der Waals surface area contributed by atoms with Gasteiger partial charge in [-0.05, 0) is 57.2 Å². The normalized spacial score (nSPS) is 16.7. The standard InChI is InChI=1S/C27H32N10O2/c1-27(2,3)36-16-21(17-36)37-25-22(33-34-37)24(35-12-14-39-15-13-35)31-23(32-25)18-4-6-19(7-5-18)29-26(38)30-20-8-10-28-11-9-20/h4-11,21H,12-17H2,1-3H3,(H2,28,29,30,38). The highest BCUT2D eigenvalue weighted by molar-refractivity contribution is 5.99. The molecule has 0 atom stereocenters. The number of morpholine rings is 1. The van der Waals surface area contributed by atoms with Gasteiger partial charge in [0.25, 0.3) is 0 Å². The molecule has 2 saturated heterocycles. The monoisotopic (exact) mass is 528 g/mol. The number of nitrogens with zero attached hydrogens (tertiary/aromatic N) is 8. The van der Waals surface area contributed by atoms with Crippen LogP contribution in [-0.4, -0.2) is 85.8 Å². The largest absolute Gasteiger partial charge is 0.378 e. The Balaban J connectivity index is 1.28. The number of urea groups is 1. The minimum atomic E-state index is -0.332. The molecular weight excluding hydrogens is 496 g/mol. The number of rotatable bonds is 5. The van der Waals surface area contributed by atoms with E-state index >= 15 is 0 Å². The Morgan fingerprint density at radius 3 is 2.28 bits per heavy atom. The molecule has 0 aliphatic carbocycles. The topological polar surface area (TPSA) is 126 Å². The van der Waals surface area contributed by atoms with Crippen LogP contribution >= 0.6 is 0 Å². The average Bonchev–Trinajstić information content (AvgIpc) is 3.31. The Kier molecular flexibility index (Phi) is 6.57. The number of hydrogen-bond donors (Lipinski definition) is 2. The highest BCUT2D eigenvalue weighted by Gasteiger charge is 2.37. The second-order valence-corrected chi connectivity index (χ2v) is 10.8. The van der Waals surface area contributed by atoms with E-state index in [2.05, 4.69) is 56.5 Å². The van der Waals surface area contributed by atoms with Gasteiger partial charge in [-0.15, -0.1) is 5.10 Å². The zero-order valence-electron chi connectivity index (χ0n) is 22.3. The molecule has 202 valence electrons. The Hall–Kier alpha value is -4.16. The number of benzene rings is 1. The fourth-order valence-corrected chi connectivity index (χ4v) is 4.78. The Morgan fingerprint density at radius 2 is 1.62 bits per heavy atom.